The summed E-state index contributed by atoms with van der Waals surface area (Å²) in [5, 5.41) is 11.3. The van der Waals surface area contributed by atoms with Gasteiger partial charge in [0.1, 0.15) is 11.3 Å². The number of ether oxygens (including phenoxy) is 2. The van der Waals surface area contributed by atoms with Gasteiger partial charge in [0.2, 0.25) is 12.2 Å². The summed E-state index contributed by atoms with van der Waals surface area (Å²) in [6.45, 7) is 3.88. The van der Waals surface area contributed by atoms with Gasteiger partial charge < -0.3 is 23.8 Å². The molecule has 6 nitrogen and oxygen atoms in total. The van der Waals surface area contributed by atoms with Crippen LogP contribution in [0.25, 0.3) is 22.1 Å². The van der Waals surface area contributed by atoms with E-state index in [1.54, 1.807) is 25.1 Å². The van der Waals surface area contributed by atoms with Gasteiger partial charge >= 0.3 is 0 Å². The molecule has 2 heterocycles. The summed E-state index contributed by atoms with van der Waals surface area (Å²) in [7, 11) is 0. The number of hydrogen-bond donors (Lipinski definition) is 0. The van der Waals surface area contributed by atoms with Crippen molar-refractivity contribution < 1.29 is 23.8 Å². The summed E-state index contributed by atoms with van der Waals surface area (Å²) in [5.74, 6) is 0.644. The molecule has 0 saturated carbocycles. The van der Waals surface area contributed by atoms with Crippen molar-refractivity contribution in [1.29, 1.82) is 0 Å². The van der Waals surface area contributed by atoms with Gasteiger partial charge in [-0.1, -0.05) is 13.0 Å². The van der Waals surface area contributed by atoms with Crippen LogP contribution in [0.5, 0.6) is 11.5 Å². The first kappa shape index (κ1) is 18.1. The SMILES string of the molecule is CCc1cc2c(=O)c(-c3ccc4c(c3)OCO4)c(C)oc2cc1CCC(=O)[O-]. The number of aliphatic carboxylic acids is 1. The minimum Gasteiger partial charge on any atom is -0.550 e. The van der Waals surface area contributed by atoms with Crippen molar-refractivity contribution in [3.63, 3.8) is 0 Å². The Morgan fingerprint density at radius 3 is 2.64 bits per heavy atom. The number of rotatable bonds is 5. The third-order valence-corrected chi connectivity index (χ3v) is 5.03. The second-order valence-corrected chi connectivity index (χ2v) is 6.77. The Hall–Kier alpha value is -3.28. The zero-order chi connectivity index (χ0) is 19.8. The molecule has 4 rings (SSSR count). The summed E-state index contributed by atoms with van der Waals surface area (Å²) in [6, 6.07) is 8.95. The number of hydrogen-bond acceptors (Lipinski definition) is 6. The molecule has 28 heavy (non-hydrogen) atoms. The molecular weight excluding hydrogens is 360 g/mol. The molecule has 0 bridgehead atoms. The van der Waals surface area contributed by atoms with E-state index in [0.717, 1.165) is 11.1 Å². The van der Waals surface area contributed by atoms with Crippen molar-refractivity contribution >= 4 is 16.9 Å². The van der Waals surface area contributed by atoms with E-state index in [4.69, 9.17) is 13.9 Å². The first-order valence-corrected chi connectivity index (χ1v) is 9.17. The number of carboxylic acid groups (broad SMARTS) is 1. The molecule has 1 aromatic heterocycles. The number of fused-ring (bicyclic) bond motifs is 2. The average molecular weight is 379 g/mol. The van der Waals surface area contributed by atoms with Gasteiger partial charge in [0.25, 0.3) is 0 Å². The molecule has 144 valence electrons. The van der Waals surface area contributed by atoms with Crippen molar-refractivity contribution in [2.45, 2.75) is 33.1 Å². The quantitative estimate of drug-likeness (QED) is 0.677. The Kier molecular flexibility index (Phi) is 4.55. The van der Waals surface area contributed by atoms with E-state index in [1.165, 1.54) is 0 Å². The van der Waals surface area contributed by atoms with Crippen LogP contribution in [0.3, 0.4) is 0 Å². The van der Waals surface area contributed by atoms with Crippen LogP contribution in [0.2, 0.25) is 0 Å². The zero-order valence-corrected chi connectivity index (χ0v) is 15.7. The highest BCUT2D eigenvalue weighted by Crippen LogP contribution is 2.36. The maximum Gasteiger partial charge on any atom is 0.231 e. The lowest BCUT2D eigenvalue weighted by molar-refractivity contribution is -0.305. The van der Waals surface area contributed by atoms with Gasteiger partial charge in [0.15, 0.2) is 11.5 Å². The Bertz CT molecular complexity index is 1140. The van der Waals surface area contributed by atoms with Gasteiger partial charge in [-0.25, -0.2) is 0 Å². The van der Waals surface area contributed by atoms with Crippen LogP contribution >= 0.6 is 0 Å². The van der Waals surface area contributed by atoms with Crippen molar-refractivity contribution in [1.82, 2.24) is 0 Å². The molecule has 6 heteroatoms. The van der Waals surface area contributed by atoms with Crippen LogP contribution in [-0.2, 0) is 17.6 Å². The fraction of sp³-hybridized carbons (Fsp3) is 0.273. The second kappa shape index (κ2) is 7.03. The van der Waals surface area contributed by atoms with E-state index in [2.05, 4.69) is 0 Å². The molecule has 1 aliphatic rings. The molecule has 0 unspecified atom stereocenters. The van der Waals surface area contributed by atoms with Crippen molar-refractivity contribution in [2.24, 2.45) is 0 Å². The van der Waals surface area contributed by atoms with Gasteiger partial charge in [-0.15, -0.1) is 0 Å². The van der Waals surface area contributed by atoms with Crippen LogP contribution in [0, 0.1) is 6.92 Å². The lowest BCUT2D eigenvalue weighted by Gasteiger charge is -2.12. The number of benzene rings is 2. The smallest absolute Gasteiger partial charge is 0.231 e. The summed E-state index contributed by atoms with van der Waals surface area (Å²) >= 11 is 0. The van der Waals surface area contributed by atoms with Gasteiger partial charge in [-0.05, 0) is 67.1 Å². The van der Waals surface area contributed by atoms with Crippen LogP contribution < -0.4 is 20.0 Å². The molecule has 0 spiro atoms. The van der Waals surface area contributed by atoms with Crippen LogP contribution in [-0.4, -0.2) is 12.8 Å². The summed E-state index contributed by atoms with van der Waals surface area (Å²) in [6.07, 6.45) is 0.954. The van der Waals surface area contributed by atoms with Crippen LogP contribution in [0.15, 0.2) is 39.5 Å². The van der Waals surface area contributed by atoms with Crippen molar-refractivity contribution in [3.8, 4) is 22.6 Å². The fourth-order valence-corrected chi connectivity index (χ4v) is 3.62. The molecule has 0 N–H and O–H groups in total. The van der Waals surface area contributed by atoms with E-state index in [9.17, 15) is 14.7 Å². The van der Waals surface area contributed by atoms with E-state index in [1.807, 2.05) is 19.1 Å². The lowest BCUT2D eigenvalue weighted by atomic mass is 9.96. The molecule has 0 radical (unpaired) electrons. The van der Waals surface area contributed by atoms with E-state index in [-0.39, 0.29) is 18.6 Å². The Balaban J connectivity index is 1.87. The third kappa shape index (κ3) is 3.11. The zero-order valence-electron chi connectivity index (χ0n) is 15.7. The van der Waals surface area contributed by atoms with Gasteiger partial charge in [0.05, 0.1) is 10.9 Å². The van der Waals surface area contributed by atoms with Gasteiger partial charge in [0, 0.05) is 5.97 Å². The van der Waals surface area contributed by atoms with E-state index in [0.29, 0.717) is 52.2 Å². The summed E-state index contributed by atoms with van der Waals surface area (Å²) in [5.41, 5.74) is 3.31. The third-order valence-electron chi connectivity index (χ3n) is 5.03. The largest absolute Gasteiger partial charge is 0.550 e. The highest BCUT2D eigenvalue weighted by atomic mass is 16.7. The highest BCUT2D eigenvalue weighted by molar-refractivity contribution is 5.84. The molecule has 3 aromatic rings. The predicted octanol–water partition coefficient (Wildman–Crippen LogP) is 2.74. The molecule has 0 aliphatic carbocycles. The number of aryl methyl sites for hydroxylation is 3. The maximum absolute atomic E-state index is 13.3. The second-order valence-electron chi connectivity index (χ2n) is 6.77. The summed E-state index contributed by atoms with van der Waals surface area (Å²) < 4.78 is 16.7. The summed E-state index contributed by atoms with van der Waals surface area (Å²) in [4.78, 5) is 24.1. The monoisotopic (exact) mass is 379 g/mol. The molecule has 2 aromatic carbocycles. The van der Waals surface area contributed by atoms with Crippen molar-refractivity contribution in [2.75, 3.05) is 6.79 Å². The number of carbonyl (C=O) groups is 1. The molecule has 0 amide bonds. The Morgan fingerprint density at radius 2 is 1.89 bits per heavy atom. The molecular formula is C22H19O6-. The minimum absolute atomic E-state index is 0.0724. The molecule has 0 fully saturated rings. The average Bonchev–Trinajstić information content (AvgIpc) is 3.13. The molecule has 0 atom stereocenters. The van der Waals surface area contributed by atoms with E-state index >= 15 is 0 Å². The first-order chi connectivity index (χ1) is 13.5. The Labute approximate surface area is 161 Å². The highest BCUT2D eigenvalue weighted by Gasteiger charge is 2.19. The van der Waals surface area contributed by atoms with Crippen molar-refractivity contribution in [3.05, 3.63) is 57.4 Å². The van der Waals surface area contributed by atoms with Crippen LogP contribution in [0.1, 0.15) is 30.2 Å². The molecule has 0 saturated heterocycles. The van der Waals surface area contributed by atoms with Gasteiger partial charge in [-0.2, -0.15) is 0 Å². The maximum atomic E-state index is 13.3. The Morgan fingerprint density at radius 1 is 1.11 bits per heavy atom. The predicted molar refractivity (Wildman–Crippen MR) is 101 cm³/mol. The fourth-order valence-electron chi connectivity index (χ4n) is 3.62. The number of carbonyl (C=O) groups excluding carboxylic acids is 1. The van der Waals surface area contributed by atoms with Crippen LogP contribution in [0.4, 0.5) is 0 Å². The molecule has 1 aliphatic heterocycles. The first-order valence-electron chi connectivity index (χ1n) is 9.17. The van der Waals surface area contributed by atoms with Gasteiger partial charge in [-0.3, -0.25) is 4.79 Å². The minimum atomic E-state index is -1.10. The normalized spacial score (nSPS) is 12.5. The standard InChI is InChI=1S/C22H20O6/c1-3-13-8-16-18(9-14(13)5-7-20(23)24)28-12(2)21(22(16)25)15-4-6-17-19(10-15)27-11-26-17/h4,6,8-10H,3,5,7,11H2,1-2H3,(H,23,24)/p-1. The topological polar surface area (TPSA) is 88.8 Å². The number of carboxylic acids is 1. The van der Waals surface area contributed by atoms with E-state index < -0.39 is 5.97 Å². The lowest BCUT2D eigenvalue weighted by Crippen LogP contribution is -2.22.